The standard InChI is InChI=1S/C12H25FN2/c1-3-14-11(2)12-5-9-15(10-6-12)8-4-7-13/h11-12,14H,3-10H2,1-2H3. The number of nitrogens with zero attached hydrogens (tertiary/aromatic N) is 1. The molecule has 1 N–H and O–H groups in total. The Morgan fingerprint density at radius 1 is 1.40 bits per heavy atom. The summed E-state index contributed by atoms with van der Waals surface area (Å²) < 4.78 is 12.0. The van der Waals surface area contributed by atoms with Crippen molar-refractivity contribution < 1.29 is 4.39 Å². The summed E-state index contributed by atoms with van der Waals surface area (Å²) >= 11 is 0. The summed E-state index contributed by atoms with van der Waals surface area (Å²) in [5.41, 5.74) is 0. The molecule has 0 aromatic heterocycles. The van der Waals surface area contributed by atoms with Crippen LogP contribution in [0.3, 0.4) is 0 Å². The minimum atomic E-state index is -0.173. The Labute approximate surface area is 93.2 Å². The average molecular weight is 216 g/mol. The molecule has 0 bridgehead atoms. The summed E-state index contributed by atoms with van der Waals surface area (Å²) in [6, 6.07) is 0.637. The molecule has 0 amide bonds. The number of piperidine rings is 1. The zero-order valence-corrected chi connectivity index (χ0v) is 10.1. The molecule has 15 heavy (non-hydrogen) atoms. The Hall–Kier alpha value is -0.150. The number of rotatable bonds is 6. The molecule has 1 fully saturated rings. The molecule has 1 saturated heterocycles. The summed E-state index contributed by atoms with van der Waals surface area (Å²) in [5, 5.41) is 3.49. The summed E-state index contributed by atoms with van der Waals surface area (Å²) in [5.74, 6) is 0.812. The van der Waals surface area contributed by atoms with Gasteiger partial charge in [0.2, 0.25) is 0 Å². The molecule has 90 valence electrons. The van der Waals surface area contributed by atoms with E-state index in [1.54, 1.807) is 0 Å². The second-order valence-electron chi connectivity index (χ2n) is 4.57. The van der Waals surface area contributed by atoms with Crippen molar-refractivity contribution in [3.05, 3.63) is 0 Å². The van der Waals surface area contributed by atoms with Crippen molar-refractivity contribution in [2.24, 2.45) is 5.92 Å². The first-order chi connectivity index (χ1) is 7.27. The van der Waals surface area contributed by atoms with Gasteiger partial charge in [-0.25, -0.2) is 0 Å². The maximum atomic E-state index is 12.0. The van der Waals surface area contributed by atoms with Crippen molar-refractivity contribution >= 4 is 0 Å². The lowest BCUT2D eigenvalue weighted by Gasteiger charge is -2.35. The predicted octanol–water partition coefficient (Wildman–Crippen LogP) is 2.06. The average Bonchev–Trinajstić information content (AvgIpc) is 2.27. The Kier molecular flexibility index (Phi) is 6.18. The molecule has 1 atom stereocenters. The third-order valence-corrected chi connectivity index (χ3v) is 3.47. The van der Waals surface area contributed by atoms with Crippen molar-refractivity contribution in [1.82, 2.24) is 10.2 Å². The predicted molar refractivity (Wildman–Crippen MR) is 62.9 cm³/mol. The van der Waals surface area contributed by atoms with Crippen LogP contribution in [0.25, 0.3) is 0 Å². The molecule has 2 nitrogen and oxygen atoms in total. The Balaban J connectivity index is 2.17. The summed E-state index contributed by atoms with van der Waals surface area (Å²) in [6.45, 7) is 8.58. The second kappa shape index (κ2) is 7.18. The van der Waals surface area contributed by atoms with Crippen LogP contribution in [0.4, 0.5) is 4.39 Å². The van der Waals surface area contributed by atoms with Gasteiger partial charge in [-0.1, -0.05) is 6.92 Å². The van der Waals surface area contributed by atoms with E-state index in [9.17, 15) is 4.39 Å². The molecule has 3 heteroatoms. The van der Waals surface area contributed by atoms with Crippen LogP contribution in [0.5, 0.6) is 0 Å². The molecule has 1 heterocycles. The minimum Gasteiger partial charge on any atom is -0.314 e. The smallest absolute Gasteiger partial charge is 0.0906 e. The van der Waals surface area contributed by atoms with Gasteiger partial charge in [-0.05, 0) is 51.7 Å². The number of hydrogen-bond donors (Lipinski definition) is 1. The highest BCUT2D eigenvalue weighted by Gasteiger charge is 2.22. The summed E-state index contributed by atoms with van der Waals surface area (Å²) in [4.78, 5) is 2.40. The molecule has 0 aromatic carbocycles. The number of likely N-dealkylation sites (tertiary alicyclic amines) is 1. The molecule has 0 radical (unpaired) electrons. The second-order valence-corrected chi connectivity index (χ2v) is 4.57. The van der Waals surface area contributed by atoms with Gasteiger partial charge in [-0.2, -0.15) is 0 Å². The maximum Gasteiger partial charge on any atom is 0.0906 e. The first-order valence-electron chi connectivity index (χ1n) is 6.29. The van der Waals surface area contributed by atoms with Crippen molar-refractivity contribution in [3.63, 3.8) is 0 Å². The van der Waals surface area contributed by atoms with E-state index in [-0.39, 0.29) is 6.67 Å². The van der Waals surface area contributed by atoms with Crippen molar-refractivity contribution in [2.75, 3.05) is 32.9 Å². The van der Waals surface area contributed by atoms with E-state index in [1.165, 1.54) is 12.8 Å². The van der Waals surface area contributed by atoms with E-state index in [2.05, 4.69) is 24.1 Å². The van der Waals surface area contributed by atoms with E-state index in [0.717, 1.165) is 32.1 Å². The Morgan fingerprint density at radius 3 is 2.60 bits per heavy atom. The van der Waals surface area contributed by atoms with Crippen LogP contribution < -0.4 is 5.32 Å². The van der Waals surface area contributed by atoms with E-state index < -0.39 is 0 Å². The number of halogens is 1. The van der Waals surface area contributed by atoms with Crippen molar-refractivity contribution in [1.29, 1.82) is 0 Å². The SMILES string of the molecule is CCNC(C)C1CCN(CCCF)CC1. The first-order valence-corrected chi connectivity index (χ1v) is 6.29. The number of nitrogens with one attached hydrogen (secondary N) is 1. The molecule has 1 unspecified atom stereocenters. The summed E-state index contributed by atoms with van der Waals surface area (Å²) in [6.07, 6.45) is 3.23. The van der Waals surface area contributed by atoms with Gasteiger partial charge in [-0.3, -0.25) is 4.39 Å². The van der Waals surface area contributed by atoms with Crippen LogP contribution in [0, 0.1) is 5.92 Å². The van der Waals surface area contributed by atoms with Crippen LogP contribution >= 0.6 is 0 Å². The van der Waals surface area contributed by atoms with Crippen LogP contribution in [0.2, 0.25) is 0 Å². The molecular formula is C12H25FN2. The van der Waals surface area contributed by atoms with Crippen LogP contribution in [0.15, 0.2) is 0 Å². The fraction of sp³-hybridized carbons (Fsp3) is 1.00. The molecule has 0 aromatic rings. The largest absolute Gasteiger partial charge is 0.314 e. The maximum absolute atomic E-state index is 12.0. The quantitative estimate of drug-likeness (QED) is 0.731. The van der Waals surface area contributed by atoms with Gasteiger partial charge >= 0.3 is 0 Å². The highest BCUT2D eigenvalue weighted by Crippen LogP contribution is 2.20. The highest BCUT2D eigenvalue weighted by molar-refractivity contribution is 4.79. The lowest BCUT2D eigenvalue weighted by Crippen LogP contribution is -2.42. The van der Waals surface area contributed by atoms with Crippen molar-refractivity contribution in [3.8, 4) is 0 Å². The lowest BCUT2D eigenvalue weighted by molar-refractivity contribution is 0.158. The fourth-order valence-corrected chi connectivity index (χ4v) is 2.45. The van der Waals surface area contributed by atoms with E-state index in [1.807, 2.05) is 0 Å². The normalized spacial score (nSPS) is 21.8. The lowest BCUT2D eigenvalue weighted by atomic mass is 9.90. The van der Waals surface area contributed by atoms with Crippen molar-refractivity contribution in [2.45, 2.75) is 39.2 Å². The van der Waals surface area contributed by atoms with Crippen LogP contribution in [-0.4, -0.2) is 43.8 Å². The fourth-order valence-electron chi connectivity index (χ4n) is 2.45. The Morgan fingerprint density at radius 2 is 2.07 bits per heavy atom. The van der Waals surface area contributed by atoms with E-state index in [4.69, 9.17) is 0 Å². The van der Waals surface area contributed by atoms with Gasteiger partial charge < -0.3 is 10.2 Å². The third kappa shape index (κ3) is 4.47. The Bertz CT molecular complexity index is 156. The van der Waals surface area contributed by atoms with Gasteiger partial charge in [0, 0.05) is 12.6 Å². The van der Waals surface area contributed by atoms with E-state index >= 15 is 0 Å². The topological polar surface area (TPSA) is 15.3 Å². The summed E-state index contributed by atoms with van der Waals surface area (Å²) in [7, 11) is 0. The van der Waals surface area contributed by atoms with Crippen LogP contribution in [0.1, 0.15) is 33.1 Å². The molecule has 1 rings (SSSR count). The van der Waals surface area contributed by atoms with Gasteiger partial charge in [0.15, 0.2) is 0 Å². The van der Waals surface area contributed by atoms with Gasteiger partial charge in [0.25, 0.3) is 0 Å². The zero-order valence-electron chi connectivity index (χ0n) is 10.1. The molecule has 0 saturated carbocycles. The van der Waals surface area contributed by atoms with Gasteiger partial charge in [-0.15, -0.1) is 0 Å². The molecule has 1 aliphatic rings. The van der Waals surface area contributed by atoms with Gasteiger partial charge in [0.05, 0.1) is 6.67 Å². The molecule has 1 aliphatic heterocycles. The molecular weight excluding hydrogens is 191 g/mol. The van der Waals surface area contributed by atoms with Gasteiger partial charge in [0.1, 0.15) is 0 Å². The first kappa shape index (κ1) is 12.9. The number of hydrogen-bond acceptors (Lipinski definition) is 2. The number of alkyl halides is 1. The zero-order chi connectivity index (χ0) is 11.1. The molecule has 0 aliphatic carbocycles. The van der Waals surface area contributed by atoms with E-state index in [0.29, 0.717) is 12.5 Å². The van der Waals surface area contributed by atoms with Crippen LogP contribution in [-0.2, 0) is 0 Å². The monoisotopic (exact) mass is 216 g/mol. The third-order valence-electron chi connectivity index (χ3n) is 3.47. The molecule has 0 spiro atoms. The highest BCUT2D eigenvalue weighted by atomic mass is 19.1. The minimum absolute atomic E-state index is 0.173.